The first-order valence-electron chi connectivity index (χ1n) is 7.75. The lowest BCUT2D eigenvalue weighted by atomic mass is 9.95. The van der Waals surface area contributed by atoms with Crippen molar-refractivity contribution in [2.24, 2.45) is 0 Å². The molecule has 0 amide bonds. The summed E-state index contributed by atoms with van der Waals surface area (Å²) < 4.78 is 0. The summed E-state index contributed by atoms with van der Waals surface area (Å²) in [5, 5.41) is 10.9. The highest BCUT2D eigenvalue weighted by Gasteiger charge is 2.26. The number of halogens is 1. The molecule has 1 fully saturated rings. The molecule has 0 spiro atoms. The van der Waals surface area contributed by atoms with Gasteiger partial charge in [0, 0.05) is 5.02 Å². The van der Waals surface area contributed by atoms with Crippen LogP contribution in [0.1, 0.15) is 53.5 Å². The first-order chi connectivity index (χ1) is 10.1. The van der Waals surface area contributed by atoms with Crippen LogP contribution >= 0.6 is 11.6 Å². The molecular weight excluding hydrogens is 280 g/mol. The first-order valence-corrected chi connectivity index (χ1v) is 8.12. The number of aliphatic hydroxyl groups is 1. The molecule has 21 heavy (non-hydrogen) atoms. The molecule has 0 radical (unpaired) electrons. The fraction of sp³-hybridized carbons (Fsp3) is 0.368. The van der Waals surface area contributed by atoms with Crippen molar-refractivity contribution in [3.63, 3.8) is 0 Å². The Morgan fingerprint density at radius 3 is 2.57 bits per heavy atom. The monoisotopic (exact) mass is 298 g/mol. The largest absolute Gasteiger partial charge is 0.388 e. The van der Waals surface area contributed by atoms with E-state index in [2.05, 4.69) is 37.3 Å². The van der Waals surface area contributed by atoms with E-state index in [1.165, 1.54) is 40.7 Å². The zero-order valence-electron chi connectivity index (χ0n) is 12.2. The van der Waals surface area contributed by atoms with Crippen molar-refractivity contribution in [2.75, 3.05) is 0 Å². The van der Waals surface area contributed by atoms with E-state index in [1.807, 2.05) is 0 Å². The fourth-order valence-corrected chi connectivity index (χ4v) is 3.93. The summed E-state index contributed by atoms with van der Waals surface area (Å²) in [6.07, 6.45) is 4.08. The second-order valence-corrected chi connectivity index (χ2v) is 6.84. The molecule has 0 saturated heterocycles. The van der Waals surface area contributed by atoms with Gasteiger partial charge in [-0.2, -0.15) is 0 Å². The van der Waals surface area contributed by atoms with Crippen LogP contribution in [0.25, 0.3) is 11.1 Å². The average molecular weight is 299 g/mol. The Morgan fingerprint density at radius 2 is 1.86 bits per heavy atom. The predicted molar refractivity (Wildman–Crippen MR) is 86.9 cm³/mol. The van der Waals surface area contributed by atoms with Crippen LogP contribution in [0.15, 0.2) is 30.3 Å². The minimum Gasteiger partial charge on any atom is -0.388 e. The zero-order chi connectivity index (χ0) is 14.6. The summed E-state index contributed by atoms with van der Waals surface area (Å²) in [5.41, 5.74) is 7.31. The van der Waals surface area contributed by atoms with Gasteiger partial charge in [0.05, 0.1) is 6.10 Å². The summed E-state index contributed by atoms with van der Waals surface area (Å²) in [6, 6.07) is 10.9. The van der Waals surface area contributed by atoms with Crippen molar-refractivity contribution in [1.29, 1.82) is 0 Å². The summed E-state index contributed by atoms with van der Waals surface area (Å²) in [5.74, 6) is 0.684. The van der Waals surface area contributed by atoms with Gasteiger partial charge in [-0.3, -0.25) is 0 Å². The van der Waals surface area contributed by atoms with Crippen LogP contribution in [0.4, 0.5) is 0 Å². The minimum atomic E-state index is -0.283. The van der Waals surface area contributed by atoms with E-state index in [9.17, 15) is 5.11 Å². The molecule has 0 bridgehead atoms. The van der Waals surface area contributed by atoms with E-state index in [0.717, 1.165) is 23.4 Å². The van der Waals surface area contributed by atoms with Crippen LogP contribution in [-0.2, 0) is 6.42 Å². The lowest BCUT2D eigenvalue weighted by Gasteiger charge is -2.12. The van der Waals surface area contributed by atoms with Gasteiger partial charge in [-0.25, -0.2) is 0 Å². The second kappa shape index (κ2) is 4.86. The number of rotatable bonds is 2. The van der Waals surface area contributed by atoms with Crippen molar-refractivity contribution in [3.05, 3.63) is 57.6 Å². The lowest BCUT2D eigenvalue weighted by molar-refractivity contribution is 0.179. The Morgan fingerprint density at radius 1 is 1.05 bits per heavy atom. The van der Waals surface area contributed by atoms with Crippen LogP contribution in [0.2, 0.25) is 5.02 Å². The van der Waals surface area contributed by atoms with Gasteiger partial charge in [-0.1, -0.05) is 35.9 Å². The van der Waals surface area contributed by atoms with E-state index in [-0.39, 0.29) is 6.10 Å². The highest BCUT2D eigenvalue weighted by Crippen LogP contribution is 2.44. The third-order valence-electron chi connectivity index (χ3n) is 4.84. The summed E-state index contributed by atoms with van der Waals surface area (Å²) in [7, 11) is 0. The molecule has 1 N–H and O–H groups in total. The Balaban J connectivity index is 1.77. The number of hydrogen-bond donors (Lipinski definition) is 1. The smallest absolute Gasteiger partial charge is 0.0798 e. The standard InChI is InChI=1S/C19H19ClO/c1-11-8-15(9-14-5-7-18(21)19(11)14)13-4-6-16(12-2-3-12)17(20)10-13/h4,6,8-10,12,18,21H,2-3,5,7H2,1H3. The molecule has 2 aromatic rings. The van der Waals surface area contributed by atoms with Crippen LogP contribution in [0.3, 0.4) is 0 Å². The van der Waals surface area contributed by atoms with Gasteiger partial charge in [0.25, 0.3) is 0 Å². The first kappa shape index (κ1) is 13.4. The Kier molecular flexibility index (Phi) is 3.09. The van der Waals surface area contributed by atoms with Gasteiger partial charge in [-0.05, 0) is 78.0 Å². The third-order valence-corrected chi connectivity index (χ3v) is 5.17. The summed E-state index contributed by atoms with van der Waals surface area (Å²) in [6.45, 7) is 2.09. The van der Waals surface area contributed by atoms with Crippen molar-refractivity contribution < 1.29 is 5.11 Å². The van der Waals surface area contributed by atoms with Gasteiger partial charge in [0.1, 0.15) is 0 Å². The van der Waals surface area contributed by atoms with Crippen molar-refractivity contribution in [1.82, 2.24) is 0 Å². The van der Waals surface area contributed by atoms with Crippen LogP contribution < -0.4 is 0 Å². The predicted octanol–water partition coefficient (Wildman–Crippen LogP) is 5.17. The van der Waals surface area contributed by atoms with E-state index in [0.29, 0.717) is 5.92 Å². The highest BCUT2D eigenvalue weighted by atomic mass is 35.5. The summed E-state index contributed by atoms with van der Waals surface area (Å²) in [4.78, 5) is 0. The molecule has 1 saturated carbocycles. The Bertz CT molecular complexity index is 716. The molecular formula is C19H19ClO. The van der Waals surface area contributed by atoms with Gasteiger partial charge in [0.15, 0.2) is 0 Å². The van der Waals surface area contributed by atoms with Crippen LogP contribution in [0, 0.1) is 6.92 Å². The highest BCUT2D eigenvalue weighted by molar-refractivity contribution is 6.31. The molecule has 0 heterocycles. The van der Waals surface area contributed by atoms with E-state index >= 15 is 0 Å². The Labute approximate surface area is 130 Å². The lowest BCUT2D eigenvalue weighted by Crippen LogP contribution is -1.95. The maximum atomic E-state index is 10.1. The zero-order valence-corrected chi connectivity index (χ0v) is 13.0. The maximum Gasteiger partial charge on any atom is 0.0798 e. The molecule has 0 aromatic heterocycles. The normalized spacial score (nSPS) is 20.6. The average Bonchev–Trinajstić information content (AvgIpc) is 3.22. The molecule has 2 heteroatoms. The van der Waals surface area contributed by atoms with Crippen molar-refractivity contribution in [3.8, 4) is 11.1 Å². The van der Waals surface area contributed by atoms with E-state index < -0.39 is 0 Å². The number of hydrogen-bond acceptors (Lipinski definition) is 1. The molecule has 2 aliphatic carbocycles. The molecule has 2 aliphatic rings. The number of benzene rings is 2. The molecule has 1 nitrogen and oxygen atoms in total. The van der Waals surface area contributed by atoms with Gasteiger partial charge in [0.2, 0.25) is 0 Å². The van der Waals surface area contributed by atoms with Gasteiger partial charge < -0.3 is 5.11 Å². The SMILES string of the molecule is Cc1cc(-c2ccc(C3CC3)c(Cl)c2)cc2c1C(O)CC2. The second-order valence-electron chi connectivity index (χ2n) is 6.43. The van der Waals surface area contributed by atoms with Gasteiger partial charge in [-0.15, -0.1) is 0 Å². The third kappa shape index (κ3) is 2.29. The van der Waals surface area contributed by atoms with Crippen molar-refractivity contribution in [2.45, 2.75) is 44.6 Å². The fourth-order valence-electron chi connectivity index (χ4n) is 3.59. The van der Waals surface area contributed by atoms with Crippen LogP contribution in [-0.4, -0.2) is 5.11 Å². The van der Waals surface area contributed by atoms with Crippen LogP contribution in [0.5, 0.6) is 0 Å². The topological polar surface area (TPSA) is 20.2 Å². The van der Waals surface area contributed by atoms with Gasteiger partial charge >= 0.3 is 0 Å². The number of aryl methyl sites for hydroxylation is 2. The molecule has 0 aliphatic heterocycles. The molecule has 4 rings (SSSR count). The van der Waals surface area contributed by atoms with E-state index in [1.54, 1.807) is 0 Å². The number of fused-ring (bicyclic) bond motifs is 1. The molecule has 1 atom stereocenters. The van der Waals surface area contributed by atoms with Crippen molar-refractivity contribution >= 4 is 11.6 Å². The number of aliphatic hydroxyl groups excluding tert-OH is 1. The van der Waals surface area contributed by atoms with E-state index in [4.69, 9.17) is 11.6 Å². The minimum absolute atomic E-state index is 0.283. The molecule has 108 valence electrons. The quantitative estimate of drug-likeness (QED) is 0.810. The molecule has 2 aromatic carbocycles. The maximum absolute atomic E-state index is 10.1. The summed E-state index contributed by atoms with van der Waals surface area (Å²) >= 11 is 6.45. The molecule has 1 unspecified atom stereocenters. The Hall–Kier alpha value is -1.31.